The van der Waals surface area contributed by atoms with Gasteiger partial charge in [0.15, 0.2) is 0 Å². The van der Waals surface area contributed by atoms with Gasteiger partial charge in [-0.15, -0.1) is 0 Å². The van der Waals surface area contributed by atoms with Crippen molar-refractivity contribution < 1.29 is 14.9 Å². The Kier molecular flexibility index (Phi) is 6.63. The lowest BCUT2D eigenvalue weighted by molar-refractivity contribution is 0.0205. The zero-order valence-corrected chi connectivity index (χ0v) is 15.3. The highest BCUT2D eigenvalue weighted by Gasteiger charge is 2.14. The van der Waals surface area contributed by atoms with E-state index in [1.54, 1.807) is 0 Å². The first kappa shape index (κ1) is 18.9. The Labute approximate surface area is 157 Å². The quantitative estimate of drug-likeness (QED) is 0.603. The summed E-state index contributed by atoms with van der Waals surface area (Å²) in [5.74, 6) is 0.866. The molecule has 1 atom stereocenters. The van der Waals surface area contributed by atoms with Gasteiger partial charge in [-0.05, 0) is 30.2 Å². The van der Waals surface area contributed by atoms with Gasteiger partial charge in [-0.1, -0.05) is 41.9 Å². The van der Waals surface area contributed by atoms with Crippen molar-refractivity contribution in [1.82, 2.24) is 9.55 Å². The second-order valence-corrected chi connectivity index (χ2v) is 6.62. The van der Waals surface area contributed by atoms with Crippen molar-refractivity contribution in [3.63, 3.8) is 0 Å². The van der Waals surface area contributed by atoms with Gasteiger partial charge in [0.1, 0.15) is 5.82 Å². The second kappa shape index (κ2) is 9.14. The number of aliphatic hydroxyl groups is 2. The van der Waals surface area contributed by atoms with Crippen molar-refractivity contribution >= 4 is 22.6 Å². The second-order valence-electron chi connectivity index (χ2n) is 6.21. The third-order valence-corrected chi connectivity index (χ3v) is 4.58. The number of fused-ring (bicyclic) bond motifs is 1. The maximum Gasteiger partial charge on any atom is 0.110 e. The van der Waals surface area contributed by atoms with E-state index in [0.717, 1.165) is 22.4 Å². The molecular formula is C20H23ClN2O3. The molecule has 0 saturated heterocycles. The number of aromatic nitrogens is 2. The van der Waals surface area contributed by atoms with Crippen molar-refractivity contribution in [2.45, 2.75) is 32.1 Å². The van der Waals surface area contributed by atoms with Gasteiger partial charge in [-0.2, -0.15) is 0 Å². The van der Waals surface area contributed by atoms with Gasteiger partial charge < -0.3 is 19.5 Å². The van der Waals surface area contributed by atoms with Crippen LogP contribution >= 0.6 is 11.6 Å². The molecule has 26 heavy (non-hydrogen) atoms. The summed E-state index contributed by atoms with van der Waals surface area (Å²) in [4.78, 5) is 4.63. The van der Waals surface area contributed by atoms with Crippen LogP contribution in [0.3, 0.4) is 0 Å². The molecule has 0 aliphatic rings. The van der Waals surface area contributed by atoms with E-state index in [9.17, 15) is 5.11 Å². The summed E-state index contributed by atoms with van der Waals surface area (Å²) in [6.45, 7) is 1.08. The van der Waals surface area contributed by atoms with E-state index in [0.29, 0.717) is 31.0 Å². The number of benzene rings is 2. The lowest BCUT2D eigenvalue weighted by atomic mass is 10.2. The number of halogens is 1. The molecule has 5 nitrogen and oxygen atoms in total. The van der Waals surface area contributed by atoms with Gasteiger partial charge in [0.25, 0.3) is 0 Å². The van der Waals surface area contributed by atoms with E-state index in [4.69, 9.17) is 21.4 Å². The number of para-hydroxylation sites is 2. The number of nitrogens with zero attached hydrogens (tertiary/aromatic N) is 2. The molecule has 2 N–H and O–H groups in total. The minimum Gasteiger partial charge on any atom is -0.396 e. The summed E-state index contributed by atoms with van der Waals surface area (Å²) in [7, 11) is 0. The smallest absolute Gasteiger partial charge is 0.110 e. The number of aryl methyl sites for hydroxylation is 1. The number of imidazole rings is 1. The van der Waals surface area contributed by atoms with Crippen LogP contribution in [0.1, 0.15) is 17.8 Å². The average molecular weight is 375 g/mol. The molecule has 0 aliphatic heterocycles. The van der Waals surface area contributed by atoms with E-state index in [1.807, 2.05) is 53.1 Å². The van der Waals surface area contributed by atoms with Crippen molar-refractivity contribution in [2.75, 3.05) is 13.2 Å². The fourth-order valence-corrected chi connectivity index (χ4v) is 3.13. The van der Waals surface area contributed by atoms with Crippen LogP contribution < -0.4 is 0 Å². The van der Waals surface area contributed by atoms with Crippen LogP contribution in [-0.2, 0) is 24.3 Å². The Hall–Kier alpha value is -1.92. The average Bonchev–Trinajstić information content (AvgIpc) is 2.99. The van der Waals surface area contributed by atoms with Crippen LogP contribution in [0.25, 0.3) is 11.0 Å². The van der Waals surface area contributed by atoms with Crippen LogP contribution in [0.5, 0.6) is 0 Å². The molecule has 6 heteroatoms. The minimum atomic E-state index is -0.664. The molecule has 0 aliphatic carbocycles. The zero-order chi connectivity index (χ0) is 18.4. The largest absolute Gasteiger partial charge is 0.396 e. The number of rotatable bonds is 9. The maximum absolute atomic E-state index is 10.4. The van der Waals surface area contributed by atoms with Gasteiger partial charge in [0, 0.05) is 18.1 Å². The molecule has 0 fully saturated rings. The molecule has 0 spiro atoms. The van der Waals surface area contributed by atoms with Gasteiger partial charge in [0.2, 0.25) is 0 Å². The molecule has 1 heterocycles. The Morgan fingerprint density at radius 3 is 2.69 bits per heavy atom. The van der Waals surface area contributed by atoms with Crippen LogP contribution in [-0.4, -0.2) is 39.1 Å². The molecule has 0 radical (unpaired) electrons. The molecule has 138 valence electrons. The first-order valence-corrected chi connectivity index (χ1v) is 9.11. The van der Waals surface area contributed by atoms with E-state index < -0.39 is 6.10 Å². The standard InChI is InChI=1S/C20H23ClN2O3/c21-17-7-2-1-6-15(17)13-26-14-16(25)12-23-19-9-4-3-8-18(19)22-20(23)10-5-11-24/h1-4,6-9,16,24-25H,5,10-14H2/t16-/m1/s1. The van der Waals surface area contributed by atoms with Gasteiger partial charge in [0.05, 0.1) is 36.9 Å². The highest BCUT2D eigenvalue weighted by atomic mass is 35.5. The summed E-state index contributed by atoms with van der Waals surface area (Å²) in [5.41, 5.74) is 2.77. The molecule has 0 saturated carbocycles. The van der Waals surface area contributed by atoms with Gasteiger partial charge in [-0.25, -0.2) is 4.98 Å². The third-order valence-electron chi connectivity index (χ3n) is 4.21. The highest BCUT2D eigenvalue weighted by molar-refractivity contribution is 6.31. The molecule has 0 unspecified atom stereocenters. The molecule has 3 rings (SSSR count). The lowest BCUT2D eigenvalue weighted by Gasteiger charge is -2.15. The van der Waals surface area contributed by atoms with Gasteiger partial charge >= 0.3 is 0 Å². The van der Waals surface area contributed by atoms with Crippen LogP contribution in [0.4, 0.5) is 0 Å². The molecule has 2 aromatic carbocycles. The van der Waals surface area contributed by atoms with Crippen LogP contribution in [0, 0.1) is 0 Å². The summed E-state index contributed by atoms with van der Waals surface area (Å²) < 4.78 is 7.64. The van der Waals surface area contributed by atoms with Crippen molar-refractivity contribution in [3.8, 4) is 0 Å². The van der Waals surface area contributed by atoms with E-state index in [2.05, 4.69) is 4.98 Å². The number of hydrogen-bond donors (Lipinski definition) is 2. The first-order chi connectivity index (χ1) is 12.7. The molecule has 0 amide bonds. The normalized spacial score (nSPS) is 12.6. The van der Waals surface area contributed by atoms with Crippen molar-refractivity contribution in [1.29, 1.82) is 0 Å². The molecule has 1 aromatic heterocycles. The monoisotopic (exact) mass is 374 g/mol. The number of hydrogen-bond acceptors (Lipinski definition) is 4. The Bertz CT molecular complexity index is 850. The summed E-state index contributed by atoms with van der Waals surface area (Å²) in [5, 5.41) is 20.2. The van der Waals surface area contributed by atoms with Crippen molar-refractivity contribution in [3.05, 3.63) is 64.9 Å². The Balaban J connectivity index is 1.64. The van der Waals surface area contributed by atoms with E-state index >= 15 is 0 Å². The highest BCUT2D eigenvalue weighted by Crippen LogP contribution is 2.19. The zero-order valence-electron chi connectivity index (χ0n) is 14.5. The molecular weight excluding hydrogens is 352 g/mol. The third kappa shape index (κ3) is 4.62. The number of aliphatic hydroxyl groups excluding tert-OH is 2. The fourth-order valence-electron chi connectivity index (χ4n) is 2.94. The lowest BCUT2D eigenvalue weighted by Crippen LogP contribution is -2.23. The van der Waals surface area contributed by atoms with Crippen molar-refractivity contribution in [2.24, 2.45) is 0 Å². The topological polar surface area (TPSA) is 67.5 Å². The summed E-state index contributed by atoms with van der Waals surface area (Å²) >= 11 is 6.11. The number of ether oxygens (including phenoxy) is 1. The van der Waals surface area contributed by atoms with Crippen LogP contribution in [0.2, 0.25) is 5.02 Å². The van der Waals surface area contributed by atoms with Crippen LogP contribution in [0.15, 0.2) is 48.5 Å². The predicted octanol–water partition coefficient (Wildman–Crippen LogP) is 3.19. The predicted molar refractivity (Wildman–Crippen MR) is 102 cm³/mol. The van der Waals surface area contributed by atoms with Gasteiger partial charge in [-0.3, -0.25) is 0 Å². The SMILES string of the molecule is OCCCc1nc2ccccc2n1C[C@@H](O)COCc1ccccc1Cl. The summed E-state index contributed by atoms with van der Waals surface area (Å²) in [6.07, 6.45) is 0.642. The fraction of sp³-hybridized carbons (Fsp3) is 0.350. The first-order valence-electron chi connectivity index (χ1n) is 8.73. The summed E-state index contributed by atoms with van der Waals surface area (Å²) in [6, 6.07) is 15.4. The Morgan fingerprint density at radius 1 is 1.12 bits per heavy atom. The van der Waals surface area contributed by atoms with E-state index in [-0.39, 0.29) is 13.2 Å². The molecule has 0 bridgehead atoms. The van der Waals surface area contributed by atoms with E-state index in [1.165, 1.54) is 0 Å². The molecule has 3 aromatic rings. The Morgan fingerprint density at radius 2 is 1.88 bits per heavy atom. The maximum atomic E-state index is 10.4. The minimum absolute atomic E-state index is 0.118.